The first-order valence-electron chi connectivity index (χ1n) is 8.88. The molecule has 1 aliphatic rings. The van der Waals surface area contributed by atoms with E-state index in [4.69, 9.17) is 4.74 Å². The topological polar surface area (TPSA) is 54.5 Å². The van der Waals surface area contributed by atoms with Crippen LogP contribution in [0.25, 0.3) is 0 Å². The zero-order valence-electron chi connectivity index (χ0n) is 14.6. The molecule has 1 saturated heterocycles. The summed E-state index contributed by atoms with van der Waals surface area (Å²) in [5.41, 5.74) is 3.56. The fourth-order valence-corrected chi connectivity index (χ4v) is 2.97. The number of amides is 2. The lowest BCUT2D eigenvalue weighted by molar-refractivity contribution is -0.0154. The smallest absolute Gasteiger partial charge is 0.317 e. The minimum atomic E-state index is -0.0521. The molecule has 2 amide bonds. The van der Waals surface area contributed by atoms with E-state index in [1.54, 1.807) is 6.20 Å². The first-order chi connectivity index (χ1) is 12.3. The Bertz CT molecular complexity index is 673. The zero-order valence-corrected chi connectivity index (χ0v) is 14.6. The van der Waals surface area contributed by atoms with Crippen LogP contribution in [0.3, 0.4) is 0 Å². The quantitative estimate of drug-likeness (QED) is 0.911. The molecule has 1 aromatic heterocycles. The Morgan fingerprint density at radius 3 is 2.84 bits per heavy atom. The average Bonchev–Trinajstić information content (AvgIpc) is 2.69. The molecule has 2 heterocycles. The normalized spacial score (nSPS) is 17.3. The van der Waals surface area contributed by atoms with E-state index in [0.29, 0.717) is 26.2 Å². The van der Waals surface area contributed by atoms with Crippen molar-refractivity contribution in [3.8, 4) is 0 Å². The fraction of sp³-hybridized carbons (Fsp3) is 0.400. The number of nitrogens with zero attached hydrogens (tertiary/aromatic N) is 2. The third kappa shape index (κ3) is 4.79. The number of hydrogen-bond acceptors (Lipinski definition) is 3. The number of carbonyl (C=O) groups is 1. The van der Waals surface area contributed by atoms with Gasteiger partial charge in [0.1, 0.15) is 6.10 Å². The largest absolute Gasteiger partial charge is 0.370 e. The van der Waals surface area contributed by atoms with Crippen molar-refractivity contribution in [3.63, 3.8) is 0 Å². The second-order valence-corrected chi connectivity index (χ2v) is 6.24. The molecule has 0 unspecified atom stereocenters. The van der Waals surface area contributed by atoms with Crippen molar-refractivity contribution in [2.45, 2.75) is 25.9 Å². The predicted octanol–water partition coefficient (Wildman–Crippen LogP) is 2.97. The molecule has 1 N–H and O–H groups in total. The van der Waals surface area contributed by atoms with Gasteiger partial charge in [0, 0.05) is 25.5 Å². The number of benzene rings is 1. The minimum Gasteiger partial charge on any atom is -0.370 e. The van der Waals surface area contributed by atoms with Crippen molar-refractivity contribution in [2.75, 3.05) is 26.2 Å². The molecule has 0 spiro atoms. The van der Waals surface area contributed by atoms with Crippen LogP contribution in [0.5, 0.6) is 0 Å². The second kappa shape index (κ2) is 8.62. The fourth-order valence-electron chi connectivity index (χ4n) is 2.97. The van der Waals surface area contributed by atoms with Gasteiger partial charge in [-0.25, -0.2) is 4.79 Å². The van der Waals surface area contributed by atoms with E-state index in [-0.39, 0.29) is 12.1 Å². The summed E-state index contributed by atoms with van der Waals surface area (Å²) in [4.78, 5) is 18.3. The molecule has 0 aliphatic carbocycles. The summed E-state index contributed by atoms with van der Waals surface area (Å²) in [6.45, 7) is 4.53. The van der Waals surface area contributed by atoms with Gasteiger partial charge >= 0.3 is 6.03 Å². The Kier molecular flexibility index (Phi) is 6.01. The van der Waals surface area contributed by atoms with Crippen LogP contribution in [0.1, 0.15) is 29.7 Å². The molecule has 25 heavy (non-hydrogen) atoms. The number of pyridine rings is 1. The first kappa shape index (κ1) is 17.4. The maximum Gasteiger partial charge on any atom is 0.317 e. The van der Waals surface area contributed by atoms with E-state index >= 15 is 0 Å². The number of nitrogens with one attached hydrogen (secondary N) is 1. The number of aromatic nitrogens is 1. The van der Waals surface area contributed by atoms with Gasteiger partial charge in [-0.3, -0.25) is 4.98 Å². The molecule has 2 aromatic rings. The van der Waals surface area contributed by atoms with Crippen molar-refractivity contribution in [1.29, 1.82) is 0 Å². The van der Waals surface area contributed by atoms with Crippen LogP contribution in [0.4, 0.5) is 4.79 Å². The van der Waals surface area contributed by atoms with Crippen LogP contribution in [-0.4, -0.2) is 42.2 Å². The van der Waals surface area contributed by atoms with E-state index < -0.39 is 0 Å². The van der Waals surface area contributed by atoms with Gasteiger partial charge in [-0.15, -0.1) is 0 Å². The lowest BCUT2D eigenvalue weighted by atomic mass is 10.0. The summed E-state index contributed by atoms with van der Waals surface area (Å²) >= 11 is 0. The van der Waals surface area contributed by atoms with Crippen molar-refractivity contribution in [2.24, 2.45) is 0 Å². The van der Waals surface area contributed by atoms with Crippen LogP contribution in [0, 0.1) is 0 Å². The minimum absolute atomic E-state index is 0.0256. The molecule has 5 heteroatoms. The molecule has 1 aliphatic heterocycles. The lowest BCUT2D eigenvalue weighted by Crippen LogP contribution is -2.47. The van der Waals surface area contributed by atoms with E-state index in [9.17, 15) is 4.79 Å². The van der Waals surface area contributed by atoms with Crippen LogP contribution >= 0.6 is 0 Å². The second-order valence-electron chi connectivity index (χ2n) is 6.24. The van der Waals surface area contributed by atoms with Crippen molar-refractivity contribution in [1.82, 2.24) is 15.2 Å². The van der Waals surface area contributed by atoms with Crippen molar-refractivity contribution < 1.29 is 9.53 Å². The molecular weight excluding hydrogens is 314 g/mol. The van der Waals surface area contributed by atoms with Gasteiger partial charge in [-0.2, -0.15) is 0 Å². The van der Waals surface area contributed by atoms with Gasteiger partial charge in [-0.05, 0) is 35.6 Å². The Morgan fingerprint density at radius 1 is 1.28 bits per heavy atom. The summed E-state index contributed by atoms with van der Waals surface area (Å²) < 4.78 is 5.86. The van der Waals surface area contributed by atoms with Gasteiger partial charge in [0.15, 0.2) is 0 Å². The van der Waals surface area contributed by atoms with Crippen LogP contribution in [-0.2, 0) is 17.6 Å². The summed E-state index contributed by atoms with van der Waals surface area (Å²) in [5, 5.41) is 2.99. The molecular formula is C20H25N3O2. The van der Waals surface area contributed by atoms with Crippen LogP contribution in [0.15, 0.2) is 48.8 Å². The number of aryl methyl sites for hydroxylation is 1. The van der Waals surface area contributed by atoms with Gasteiger partial charge in [-0.1, -0.05) is 37.3 Å². The number of rotatable bonds is 5. The molecule has 132 valence electrons. The highest BCUT2D eigenvalue weighted by molar-refractivity contribution is 5.74. The molecule has 5 nitrogen and oxygen atoms in total. The van der Waals surface area contributed by atoms with Crippen LogP contribution in [0.2, 0.25) is 0 Å². The van der Waals surface area contributed by atoms with E-state index in [0.717, 1.165) is 24.0 Å². The van der Waals surface area contributed by atoms with E-state index in [1.807, 2.05) is 23.2 Å². The Labute approximate surface area is 149 Å². The Morgan fingerprint density at radius 2 is 2.12 bits per heavy atom. The number of morpholine rings is 1. The number of hydrogen-bond donors (Lipinski definition) is 1. The van der Waals surface area contributed by atoms with E-state index in [2.05, 4.69) is 41.5 Å². The third-order valence-electron chi connectivity index (χ3n) is 4.53. The Hall–Kier alpha value is -2.40. The summed E-state index contributed by atoms with van der Waals surface area (Å²) in [6, 6.07) is 12.4. The predicted molar refractivity (Wildman–Crippen MR) is 97.4 cm³/mol. The van der Waals surface area contributed by atoms with Gasteiger partial charge in [0.25, 0.3) is 0 Å². The number of carbonyl (C=O) groups excluding carboxylic acids is 1. The SMILES string of the molecule is CCc1ccc([C@@H]2CN(C(=O)NCCc3cccnc3)CCO2)cc1. The molecule has 0 bridgehead atoms. The average molecular weight is 339 g/mol. The number of urea groups is 1. The molecule has 1 fully saturated rings. The van der Waals surface area contributed by atoms with Gasteiger partial charge in [0.05, 0.1) is 13.2 Å². The third-order valence-corrected chi connectivity index (χ3v) is 4.53. The monoisotopic (exact) mass is 339 g/mol. The molecule has 1 atom stereocenters. The summed E-state index contributed by atoms with van der Waals surface area (Å²) in [7, 11) is 0. The number of ether oxygens (including phenoxy) is 1. The maximum absolute atomic E-state index is 12.4. The standard InChI is InChI=1S/C20H25N3O2/c1-2-16-5-7-18(8-6-16)19-15-23(12-13-25-19)20(24)22-11-9-17-4-3-10-21-14-17/h3-8,10,14,19H,2,9,11-13,15H2,1H3,(H,22,24)/t19-/m0/s1. The van der Waals surface area contributed by atoms with Gasteiger partial charge < -0.3 is 15.0 Å². The first-order valence-corrected chi connectivity index (χ1v) is 8.88. The van der Waals surface area contributed by atoms with Crippen LogP contribution < -0.4 is 5.32 Å². The van der Waals surface area contributed by atoms with E-state index in [1.165, 1.54) is 5.56 Å². The molecule has 1 aromatic carbocycles. The van der Waals surface area contributed by atoms with Crippen molar-refractivity contribution >= 4 is 6.03 Å². The molecule has 0 saturated carbocycles. The maximum atomic E-state index is 12.4. The highest BCUT2D eigenvalue weighted by Gasteiger charge is 2.25. The zero-order chi connectivity index (χ0) is 17.5. The summed E-state index contributed by atoms with van der Waals surface area (Å²) in [5.74, 6) is 0. The summed E-state index contributed by atoms with van der Waals surface area (Å²) in [6.07, 6.45) is 5.34. The van der Waals surface area contributed by atoms with Gasteiger partial charge in [0.2, 0.25) is 0 Å². The lowest BCUT2D eigenvalue weighted by Gasteiger charge is -2.33. The highest BCUT2D eigenvalue weighted by Crippen LogP contribution is 2.22. The Balaban J connectivity index is 1.50. The highest BCUT2D eigenvalue weighted by atomic mass is 16.5. The van der Waals surface area contributed by atoms with Crippen molar-refractivity contribution in [3.05, 3.63) is 65.5 Å². The molecule has 0 radical (unpaired) electrons. The molecule has 3 rings (SSSR count).